The molecule has 1 nitrogen and oxygen atoms in total. The van der Waals surface area contributed by atoms with E-state index in [4.69, 9.17) is 5.73 Å². The van der Waals surface area contributed by atoms with Crippen LogP contribution >= 0.6 is 11.8 Å². The molecule has 1 fully saturated rings. The predicted molar refractivity (Wildman–Crippen MR) is 48.3 cm³/mol. The van der Waals surface area contributed by atoms with Gasteiger partial charge in [0.25, 0.3) is 0 Å². The molecule has 0 saturated carbocycles. The molecule has 0 unspecified atom stereocenters. The lowest BCUT2D eigenvalue weighted by atomic mass is 9.84. The summed E-state index contributed by atoms with van der Waals surface area (Å²) in [6, 6.07) is 0. The third-order valence-corrected chi connectivity index (χ3v) is 3.32. The molecule has 1 rings (SSSR count). The lowest BCUT2D eigenvalue weighted by Crippen LogP contribution is -2.42. The van der Waals surface area contributed by atoms with Gasteiger partial charge in [0.1, 0.15) is 0 Å². The standard InChI is InChI=1S/C8H17NS/c1-8(2,9)7-3-5-10-6-4-7/h7H,3-6,9H2,1-2H3. The van der Waals surface area contributed by atoms with Gasteiger partial charge in [-0.2, -0.15) is 11.8 Å². The van der Waals surface area contributed by atoms with Crippen LogP contribution in [0.25, 0.3) is 0 Å². The molecule has 0 aromatic heterocycles. The van der Waals surface area contributed by atoms with E-state index in [2.05, 4.69) is 25.6 Å². The highest BCUT2D eigenvalue weighted by molar-refractivity contribution is 7.99. The smallest absolute Gasteiger partial charge is 0.0126 e. The number of thioether (sulfide) groups is 1. The SMILES string of the molecule is CC(C)(N)C1CCSCC1. The zero-order valence-electron chi connectivity index (χ0n) is 6.89. The summed E-state index contributed by atoms with van der Waals surface area (Å²) in [5.41, 5.74) is 6.06. The van der Waals surface area contributed by atoms with Crippen LogP contribution in [0.15, 0.2) is 0 Å². The van der Waals surface area contributed by atoms with Crippen molar-refractivity contribution in [2.24, 2.45) is 11.7 Å². The van der Waals surface area contributed by atoms with E-state index in [0.29, 0.717) is 0 Å². The molecule has 1 aliphatic rings. The van der Waals surface area contributed by atoms with Gasteiger partial charge in [-0.3, -0.25) is 0 Å². The summed E-state index contributed by atoms with van der Waals surface area (Å²) < 4.78 is 0. The second-order valence-corrected chi connectivity index (χ2v) is 4.93. The van der Waals surface area contributed by atoms with Crippen LogP contribution in [0.5, 0.6) is 0 Å². The predicted octanol–water partition coefficient (Wildman–Crippen LogP) is 1.87. The highest BCUT2D eigenvalue weighted by atomic mass is 32.2. The van der Waals surface area contributed by atoms with E-state index in [1.165, 1.54) is 24.3 Å². The van der Waals surface area contributed by atoms with Crippen LogP contribution in [0.3, 0.4) is 0 Å². The second-order valence-electron chi connectivity index (χ2n) is 3.71. The normalized spacial score (nSPS) is 23.1. The van der Waals surface area contributed by atoms with Crippen molar-refractivity contribution in [3.05, 3.63) is 0 Å². The molecule has 0 aromatic rings. The Labute approximate surface area is 67.8 Å². The maximum absolute atomic E-state index is 6.00. The Morgan fingerprint density at radius 3 is 2.10 bits per heavy atom. The number of hydrogen-bond acceptors (Lipinski definition) is 2. The molecule has 10 heavy (non-hydrogen) atoms. The fourth-order valence-electron chi connectivity index (χ4n) is 1.44. The highest BCUT2D eigenvalue weighted by Gasteiger charge is 2.26. The number of rotatable bonds is 1. The molecule has 0 aromatic carbocycles. The molecular formula is C8H17NS. The molecule has 60 valence electrons. The topological polar surface area (TPSA) is 26.0 Å². The molecule has 0 atom stereocenters. The van der Waals surface area contributed by atoms with E-state index < -0.39 is 0 Å². The third kappa shape index (κ3) is 2.17. The van der Waals surface area contributed by atoms with Gasteiger partial charge in [0.15, 0.2) is 0 Å². The van der Waals surface area contributed by atoms with Crippen molar-refractivity contribution in [2.45, 2.75) is 32.2 Å². The molecule has 2 heteroatoms. The molecule has 2 N–H and O–H groups in total. The van der Waals surface area contributed by atoms with Gasteiger partial charge >= 0.3 is 0 Å². The summed E-state index contributed by atoms with van der Waals surface area (Å²) in [7, 11) is 0. The molecule has 0 bridgehead atoms. The largest absolute Gasteiger partial charge is 0.325 e. The van der Waals surface area contributed by atoms with Crippen LogP contribution < -0.4 is 5.73 Å². The van der Waals surface area contributed by atoms with Crippen LogP contribution in [0.2, 0.25) is 0 Å². The van der Waals surface area contributed by atoms with Crippen molar-refractivity contribution in [3.8, 4) is 0 Å². The van der Waals surface area contributed by atoms with Crippen molar-refractivity contribution in [3.63, 3.8) is 0 Å². The van der Waals surface area contributed by atoms with Gasteiger partial charge < -0.3 is 5.73 Å². The fourth-order valence-corrected chi connectivity index (χ4v) is 2.55. The van der Waals surface area contributed by atoms with Gasteiger partial charge in [0.2, 0.25) is 0 Å². The Morgan fingerprint density at radius 1 is 1.30 bits per heavy atom. The van der Waals surface area contributed by atoms with Crippen molar-refractivity contribution in [1.82, 2.24) is 0 Å². The molecule has 1 heterocycles. The summed E-state index contributed by atoms with van der Waals surface area (Å²) in [5.74, 6) is 3.38. The van der Waals surface area contributed by atoms with Crippen molar-refractivity contribution in [1.29, 1.82) is 0 Å². The average Bonchev–Trinajstić information content (AvgIpc) is 1.88. The molecule has 0 spiro atoms. The summed E-state index contributed by atoms with van der Waals surface area (Å²) in [6.45, 7) is 4.29. The van der Waals surface area contributed by atoms with Crippen LogP contribution in [0.1, 0.15) is 26.7 Å². The van der Waals surface area contributed by atoms with Crippen molar-refractivity contribution >= 4 is 11.8 Å². The first-order valence-electron chi connectivity index (χ1n) is 3.97. The van der Waals surface area contributed by atoms with E-state index in [9.17, 15) is 0 Å². The van der Waals surface area contributed by atoms with Gasteiger partial charge in [-0.15, -0.1) is 0 Å². The number of nitrogens with two attached hydrogens (primary N) is 1. The van der Waals surface area contributed by atoms with Gasteiger partial charge in [-0.1, -0.05) is 0 Å². The summed E-state index contributed by atoms with van der Waals surface area (Å²) in [5, 5.41) is 0. The maximum atomic E-state index is 6.00. The molecule has 0 aliphatic carbocycles. The second kappa shape index (κ2) is 3.14. The molecular weight excluding hydrogens is 142 g/mol. The summed E-state index contributed by atoms with van der Waals surface area (Å²) in [6.07, 6.45) is 2.63. The van der Waals surface area contributed by atoms with E-state index in [1.807, 2.05) is 0 Å². The van der Waals surface area contributed by atoms with Crippen LogP contribution in [0, 0.1) is 5.92 Å². The quantitative estimate of drug-likeness (QED) is 0.632. The Balaban J connectivity index is 2.39. The Kier molecular flexibility index (Phi) is 2.64. The minimum Gasteiger partial charge on any atom is -0.325 e. The van der Waals surface area contributed by atoms with E-state index >= 15 is 0 Å². The third-order valence-electron chi connectivity index (χ3n) is 2.27. The first-order chi connectivity index (χ1) is 4.61. The van der Waals surface area contributed by atoms with Crippen molar-refractivity contribution in [2.75, 3.05) is 11.5 Å². The zero-order chi connectivity index (χ0) is 7.61. The zero-order valence-corrected chi connectivity index (χ0v) is 7.71. The van der Waals surface area contributed by atoms with Crippen LogP contribution in [-0.2, 0) is 0 Å². The van der Waals surface area contributed by atoms with Gasteiger partial charge in [0, 0.05) is 5.54 Å². The minimum absolute atomic E-state index is 0.0565. The Bertz CT molecular complexity index is 100. The lowest BCUT2D eigenvalue weighted by Gasteiger charge is -2.33. The maximum Gasteiger partial charge on any atom is 0.0126 e. The molecule has 0 amide bonds. The first-order valence-corrected chi connectivity index (χ1v) is 5.13. The summed E-state index contributed by atoms with van der Waals surface area (Å²) in [4.78, 5) is 0. The Hall–Kier alpha value is 0.310. The van der Waals surface area contributed by atoms with Crippen molar-refractivity contribution < 1.29 is 0 Å². The van der Waals surface area contributed by atoms with Crippen LogP contribution in [-0.4, -0.2) is 17.0 Å². The minimum atomic E-state index is 0.0565. The van der Waals surface area contributed by atoms with E-state index in [0.717, 1.165) is 5.92 Å². The molecule has 1 aliphatic heterocycles. The van der Waals surface area contributed by atoms with Gasteiger partial charge in [0.05, 0.1) is 0 Å². The lowest BCUT2D eigenvalue weighted by molar-refractivity contribution is 0.301. The van der Waals surface area contributed by atoms with E-state index in [-0.39, 0.29) is 5.54 Å². The molecule has 1 saturated heterocycles. The van der Waals surface area contributed by atoms with Gasteiger partial charge in [-0.25, -0.2) is 0 Å². The first kappa shape index (κ1) is 8.41. The van der Waals surface area contributed by atoms with Gasteiger partial charge in [-0.05, 0) is 44.1 Å². The monoisotopic (exact) mass is 159 g/mol. The summed E-state index contributed by atoms with van der Waals surface area (Å²) >= 11 is 2.06. The Morgan fingerprint density at radius 2 is 1.80 bits per heavy atom. The molecule has 0 radical (unpaired) electrons. The highest BCUT2D eigenvalue weighted by Crippen LogP contribution is 2.29. The average molecular weight is 159 g/mol. The fraction of sp³-hybridized carbons (Fsp3) is 1.00. The van der Waals surface area contributed by atoms with Crippen LogP contribution in [0.4, 0.5) is 0 Å². The van der Waals surface area contributed by atoms with E-state index in [1.54, 1.807) is 0 Å². The number of hydrogen-bond donors (Lipinski definition) is 1.